The number of hydrogen-bond donors (Lipinski definition) is 1. The van der Waals surface area contributed by atoms with Gasteiger partial charge in [-0.2, -0.15) is 0 Å². The van der Waals surface area contributed by atoms with Gasteiger partial charge >= 0.3 is 0 Å². The molecule has 1 unspecified atom stereocenters. The van der Waals surface area contributed by atoms with E-state index >= 15 is 0 Å². The Bertz CT molecular complexity index is 598. The zero-order chi connectivity index (χ0) is 17.7. The quantitative estimate of drug-likeness (QED) is 0.795. The van der Waals surface area contributed by atoms with E-state index in [0.717, 1.165) is 19.3 Å². The van der Waals surface area contributed by atoms with Gasteiger partial charge in [-0.15, -0.1) is 0 Å². The van der Waals surface area contributed by atoms with Crippen LogP contribution in [0, 0.1) is 0 Å². The van der Waals surface area contributed by atoms with Crippen molar-refractivity contribution in [3.05, 3.63) is 47.0 Å². The van der Waals surface area contributed by atoms with Gasteiger partial charge in [-0.3, -0.25) is 4.79 Å². The second-order valence-electron chi connectivity index (χ2n) is 7.90. The highest BCUT2D eigenvalue weighted by Gasteiger charge is 2.28. The smallest absolute Gasteiger partial charge is 0.224 e. The third kappa shape index (κ3) is 5.20. The lowest BCUT2D eigenvalue weighted by atomic mass is 9.86. The molecular formula is C21H31NO2. The van der Waals surface area contributed by atoms with Crippen LogP contribution < -0.4 is 0 Å². The molecule has 0 radical (unpaired) electrons. The number of aliphatic hydroxyl groups is 1. The normalized spacial score (nSPS) is 19.2. The van der Waals surface area contributed by atoms with Gasteiger partial charge in [-0.25, -0.2) is 0 Å². The third-order valence-electron chi connectivity index (χ3n) is 4.76. The zero-order valence-corrected chi connectivity index (χ0v) is 15.5. The Morgan fingerprint density at radius 2 is 2.12 bits per heavy atom. The number of likely N-dealkylation sites (tertiary alicyclic amines) is 1. The summed E-state index contributed by atoms with van der Waals surface area (Å²) in [5.74, 6) is 0.0781. The van der Waals surface area contributed by atoms with Gasteiger partial charge < -0.3 is 10.0 Å². The number of benzene rings is 1. The van der Waals surface area contributed by atoms with Crippen LogP contribution in [0.1, 0.15) is 64.5 Å². The van der Waals surface area contributed by atoms with Crippen LogP contribution in [-0.2, 0) is 16.6 Å². The fourth-order valence-corrected chi connectivity index (χ4v) is 3.07. The Hall–Kier alpha value is -1.61. The van der Waals surface area contributed by atoms with E-state index in [9.17, 15) is 9.90 Å². The molecule has 0 bridgehead atoms. The van der Waals surface area contributed by atoms with Crippen LogP contribution in [-0.4, -0.2) is 28.7 Å². The van der Waals surface area contributed by atoms with Crippen molar-refractivity contribution in [1.29, 1.82) is 0 Å². The molecule has 1 N–H and O–H groups in total. The average Bonchev–Trinajstić information content (AvgIpc) is 2.83. The maximum absolute atomic E-state index is 11.7. The fourth-order valence-electron chi connectivity index (χ4n) is 3.07. The minimum absolute atomic E-state index is 0.0781. The molecule has 132 valence electrons. The number of aryl methyl sites for hydroxylation is 1. The highest BCUT2D eigenvalue weighted by atomic mass is 16.3. The largest absolute Gasteiger partial charge is 0.374 e. The van der Waals surface area contributed by atoms with E-state index in [1.165, 1.54) is 16.7 Å². The summed E-state index contributed by atoms with van der Waals surface area (Å²) in [5, 5.41) is 9.77. The van der Waals surface area contributed by atoms with E-state index in [0.29, 0.717) is 19.4 Å². The summed E-state index contributed by atoms with van der Waals surface area (Å²) in [4.78, 5) is 13.3. The number of aliphatic hydroxyl groups excluding tert-OH is 1. The number of rotatable bonds is 6. The average molecular weight is 329 g/mol. The predicted octanol–water partition coefficient (Wildman–Crippen LogP) is 4.19. The van der Waals surface area contributed by atoms with E-state index < -0.39 is 6.23 Å². The first-order valence-electron chi connectivity index (χ1n) is 9.00. The molecule has 1 aliphatic heterocycles. The summed E-state index contributed by atoms with van der Waals surface area (Å²) in [7, 11) is 0. The Kier molecular flexibility index (Phi) is 6.22. The predicted molar refractivity (Wildman–Crippen MR) is 98.8 cm³/mol. The number of carbonyl (C=O) groups is 1. The minimum Gasteiger partial charge on any atom is -0.374 e. The molecule has 1 aliphatic rings. The maximum atomic E-state index is 11.7. The topological polar surface area (TPSA) is 40.5 Å². The van der Waals surface area contributed by atoms with Crippen molar-refractivity contribution >= 4 is 5.91 Å². The van der Waals surface area contributed by atoms with Crippen molar-refractivity contribution in [1.82, 2.24) is 4.90 Å². The molecule has 1 saturated heterocycles. The molecule has 1 fully saturated rings. The zero-order valence-electron chi connectivity index (χ0n) is 15.5. The second kappa shape index (κ2) is 7.98. The first-order valence-corrected chi connectivity index (χ1v) is 9.00. The molecule has 3 heteroatoms. The van der Waals surface area contributed by atoms with Crippen LogP contribution in [0.5, 0.6) is 0 Å². The second-order valence-corrected chi connectivity index (χ2v) is 7.90. The highest BCUT2D eigenvalue weighted by Crippen LogP contribution is 2.23. The summed E-state index contributed by atoms with van der Waals surface area (Å²) >= 11 is 0. The van der Waals surface area contributed by atoms with E-state index in [2.05, 4.69) is 58.0 Å². The van der Waals surface area contributed by atoms with E-state index in [-0.39, 0.29) is 11.3 Å². The SMILES string of the molecule is CC(=CCCc1cccc(C(C)(C)C)c1)CCN1C(=O)CCC1O. The van der Waals surface area contributed by atoms with Crippen LogP contribution in [0.4, 0.5) is 0 Å². The van der Waals surface area contributed by atoms with Crippen molar-refractivity contribution in [2.45, 2.75) is 71.4 Å². The van der Waals surface area contributed by atoms with Crippen molar-refractivity contribution in [3.63, 3.8) is 0 Å². The van der Waals surface area contributed by atoms with Gasteiger partial charge in [0.05, 0.1) is 0 Å². The van der Waals surface area contributed by atoms with Gasteiger partial charge in [-0.1, -0.05) is 56.7 Å². The maximum Gasteiger partial charge on any atom is 0.224 e. The molecule has 2 rings (SSSR count). The summed E-state index contributed by atoms with van der Waals surface area (Å²) in [6.07, 6.45) is 5.62. The lowest BCUT2D eigenvalue weighted by Gasteiger charge is -2.20. The molecule has 0 aromatic heterocycles. The minimum atomic E-state index is -0.578. The van der Waals surface area contributed by atoms with E-state index in [1.54, 1.807) is 4.90 Å². The third-order valence-corrected chi connectivity index (χ3v) is 4.76. The van der Waals surface area contributed by atoms with Crippen molar-refractivity contribution < 1.29 is 9.90 Å². The van der Waals surface area contributed by atoms with Crippen LogP contribution in [0.25, 0.3) is 0 Å². The Labute approximate surface area is 146 Å². The molecular weight excluding hydrogens is 298 g/mol. The Morgan fingerprint density at radius 3 is 2.75 bits per heavy atom. The number of nitrogens with zero attached hydrogens (tertiary/aromatic N) is 1. The molecule has 3 nitrogen and oxygen atoms in total. The molecule has 1 aromatic carbocycles. The van der Waals surface area contributed by atoms with E-state index in [1.807, 2.05) is 0 Å². The van der Waals surface area contributed by atoms with Crippen LogP contribution >= 0.6 is 0 Å². The van der Waals surface area contributed by atoms with Gasteiger partial charge in [0, 0.05) is 19.4 Å². The first kappa shape index (κ1) is 18.7. The molecule has 1 atom stereocenters. The van der Waals surface area contributed by atoms with Crippen LogP contribution in [0.3, 0.4) is 0 Å². The van der Waals surface area contributed by atoms with Gasteiger partial charge in [0.1, 0.15) is 6.23 Å². The van der Waals surface area contributed by atoms with Crippen LogP contribution in [0.15, 0.2) is 35.9 Å². The fraction of sp³-hybridized carbons (Fsp3) is 0.571. The van der Waals surface area contributed by atoms with Gasteiger partial charge in [0.2, 0.25) is 5.91 Å². The molecule has 0 saturated carbocycles. The van der Waals surface area contributed by atoms with Crippen LogP contribution in [0.2, 0.25) is 0 Å². The highest BCUT2D eigenvalue weighted by molar-refractivity contribution is 5.78. The van der Waals surface area contributed by atoms with Crippen molar-refractivity contribution in [2.75, 3.05) is 6.54 Å². The lowest BCUT2D eigenvalue weighted by Crippen LogP contribution is -2.33. The standard InChI is InChI=1S/C21H31NO2/c1-16(13-14-22-19(23)11-12-20(22)24)7-5-8-17-9-6-10-18(15-17)21(2,3)4/h6-7,9-10,15,19,23H,5,8,11-14H2,1-4H3. The molecule has 24 heavy (non-hydrogen) atoms. The number of amides is 1. The Balaban J connectivity index is 1.82. The van der Waals surface area contributed by atoms with Crippen molar-refractivity contribution in [2.24, 2.45) is 0 Å². The lowest BCUT2D eigenvalue weighted by molar-refractivity contribution is -0.133. The summed E-state index contributed by atoms with van der Waals surface area (Å²) < 4.78 is 0. The summed E-state index contributed by atoms with van der Waals surface area (Å²) in [5.41, 5.74) is 4.22. The molecule has 1 heterocycles. The molecule has 1 amide bonds. The summed E-state index contributed by atoms with van der Waals surface area (Å²) in [6.45, 7) is 9.46. The number of hydrogen-bond acceptors (Lipinski definition) is 2. The number of allylic oxidation sites excluding steroid dienone is 1. The molecule has 0 spiro atoms. The summed E-state index contributed by atoms with van der Waals surface area (Å²) in [6, 6.07) is 8.84. The van der Waals surface area contributed by atoms with Gasteiger partial charge in [0.25, 0.3) is 0 Å². The number of carbonyl (C=O) groups excluding carboxylic acids is 1. The van der Waals surface area contributed by atoms with Gasteiger partial charge in [0.15, 0.2) is 0 Å². The molecule has 1 aromatic rings. The monoisotopic (exact) mass is 329 g/mol. The van der Waals surface area contributed by atoms with Crippen molar-refractivity contribution in [3.8, 4) is 0 Å². The van der Waals surface area contributed by atoms with E-state index in [4.69, 9.17) is 0 Å². The molecule has 0 aliphatic carbocycles. The first-order chi connectivity index (χ1) is 11.3. The Morgan fingerprint density at radius 1 is 1.38 bits per heavy atom. The van der Waals surface area contributed by atoms with Gasteiger partial charge in [-0.05, 0) is 42.7 Å².